The van der Waals surface area contributed by atoms with Crippen LogP contribution in [-0.4, -0.2) is 42.8 Å². The Balaban J connectivity index is 1.36. The van der Waals surface area contributed by atoms with Gasteiger partial charge in [0.1, 0.15) is 5.82 Å². The maximum absolute atomic E-state index is 13.4. The number of anilines is 1. The zero-order valence-corrected chi connectivity index (χ0v) is 17.9. The van der Waals surface area contributed by atoms with Crippen molar-refractivity contribution >= 4 is 33.5 Å². The topological polar surface area (TPSA) is 125 Å². The number of halogens is 1. The van der Waals surface area contributed by atoms with E-state index in [2.05, 4.69) is 5.32 Å². The molecule has 2 aromatic rings. The maximum Gasteiger partial charge on any atom is 0.326 e. The molecule has 2 aliphatic heterocycles. The van der Waals surface area contributed by atoms with Gasteiger partial charge in [-0.05, 0) is 52.9 Å². The SMILES string of the molecule is NC(=O)NS(=O)(=O)N1CC=C(c2ccc(NC(=O)N3Cc4ccc(F)cc4C3)cc2)CC1. The summed E-state index contributed by atoms with van der Waals surface area (Å²) >= 11 is 0. The van der Waals surface area contributed by atoms with E-state index in [4.69, 9.17) is 5.73 Å². The lowest BCUT2D eigenvalue weighted by molar-refractivity contribution is 0.212. The van der Waals surface area contributed by atoms with Crippen LogP contribution in [0.15, 0.2) is 48.5 Å². The Morgan fingerprint density at radius 2 is 1.75 bits per heavy atom. The number of carbonyl (C=O) groups is 2. The monoisotopic (exact) mass is 459 g/mol. The molecule has 0 bridgehead atoms. The van der Waals surface area contributed by atoms with Crippen LogP contribution >= 0.6 is 0 Å². The predicted molar refractivity (Wildman–Crippen MR) is 117 cm³/mol. The van der Waals surface area contributed by atoms with Gasteiger partial charge in [-0.2, -0.15) is 12.7 Å². The van der Waals surface area contributed by atoms with Crippen molar-refractivity contribution in [1.82, 2.24) is 13.9 Å². The van der Waals surface area contributed by atoms with Crippen molar-refractivity contribution in [2.45, 2.75) is 19.5 Å². The summed E-state index contributed by atoms with van der Waals surface area (Å²) in [6, 6.07) is 10.4. The number of nitrogens with zero attached hydrogens (tertiary/aromatic N) is 2. The first-order valence-corrected chi connectivity index (χ1v) is 11.4. The molecule has 0 spiro atoms. The molecule has 0 radical (unpaired) electrons. The number of benzene rings is 2. The van der Waals surface area contributed by atoms with E-state index in [0.29, 0.717) is 25.2 Å². The number of nitrogens with one attached hydrogen (secondary N) is 2. The second-order valence-corrected chi connectivity index (χ2v) is 9.26. The average Bonchev–Trinajstić information content (AvgIpc) is 3.17. The van der Waals surface area contributed by atoms with E-state index in [1.54, 1.807) is 33.9 Å². The fraction of sp³-hybridized carbons (Fsp3) is 0.238. The number of hydrogen-bond acceptors (Lipinski definition) is 4. The zero-order chi connectivity index (χ0) is 22.9. The minimum Gasteiger partial charge on any atom is -0.351 e. The van der Waals surface area contributed by atoms with Crippen LogP contribution in [0.3, 0.4) is 0 Å². The lowest BCUT2D eigenvalue weighted by Crippen LogP contribution is -2.46. The van der Waals surface area contributed by atoms with Gasteiger partial charge in [0.2, 0.25) is 0 Å². The van der Waals surface area contributed by atoms with Crippen LogP contribution in [0, 0.1) is 5.82 Å². The normalized spacial score (nSPS) is 16.3. The third kappa shape index (κ3) is 4.73. The molecule has 32 heavy (non-hydrogen) atoms. The van der Waals surface area contributed by atoms with E-state index < -0.39 is 16.2 Å². The van der Waals surface area contributed by atoms with Crippen LogP contribution in [0.4, 0.5) is 19.7 Å². The minimum absolute atomic E-state index is 0.118. The van der Waals surface area contributed by atoms with Gasteiger partial charge < -0.3 is 16.0 Å². The number of hydrogen-bond donors (Lipinski definition) is 3. The van der Waals surface area contributed by atoms with Crippen LogP contribution < -0.4 is 15.8 Å². The molecule has 11 heteroatoms. The van der Waals surface area contributed by atoms with Crippen LogP contribution in [-0.2, 0) is 23.3 Å². The highest BCUT2D eigenvalue weighted by atomic mass is 32.2. The largest absolute Gasteiger partial charge is 0.351 e. The number of fused-ring (bicyclic) bond motifs is 1. The van der Waals surface area contributed by atoms with E-state index in [1.165, 1.54) is 12.1 Å². The number of amides is 4. The third-order valence-electron chi connectivity index (χ3n) is 5.43. The van der Waals surface area contributed by atoms with E-state index in [-0.39, 0.29) is 24.9 Å². The first kappa shape index (κ1) is 21.8. The molecule has 2 aromatic carbocycles. The lowest BCUT2D eigenvalue weighted by Gasteiger charge is -2.25. The summed E-state index contributed by atoms with van der Waals surface area (Å²) in [5.41, 5.74) is 9.13. The fourth-order valence-corrected chi connectivity index (χ4v) is 4.79. The summed E-state index contributed by atoms with van der Waals surface area (Å²) in [4.78, 5) is 25.0. The molecule has 4 N–H and O–H groups in total. The highest BCUT2D eigenvalue weighted by Crippen LogP contribution is 2.26. The molecule has 0 saturated carbocycles. The molecular weight excluding hydrogens is 437 g/mol. The molecule has 0 aliphatic carbocycles. The van der Waals surface area contributed by atoms with Gasteiger partial charge in [0, 0.05) is 31.9 Å². The standard InChI is InChI=1S/C21H22FN5O4S/c22-18-4-1-16-12-26(13-17(16)11-18)21(29)24-19-5-2-14(3-6-19)15-7-9-27(10-8-15)32(30,31)25-20(23)28/h1-7,11H,8-10,12-13H2,(H,24,29)(H3,23,25,28). The van der Waals surface area contributed by atoms with Crippen LogP contribution in [0.1, 0.15) is 23.1 Å². The molecule has 4 amide bonds. The molecule has 2 aliphatic rings. The molecule has 4 rings (SSSR count). The summed E-state index contributed by atoms with van der Waals surface area (Å²) < 4.78 is 40.3. The number of urea groups is 2. The van der Waals surface area contributed by atoms with Gasteiger partial charge in [-0.3, -0.25) is 0 Å². The van der Waals surface area contributed by atoms with Crippen molar-refractivity contribution in [2.75, 3.05) is 18.4 Å². The van der Waals surface area contributed by atoms with Gasteiger partial charge in [-0.25, -0.2) is 18.7 Å². The Kier molecular flexibility index (Phi) is 5.85. The quantitative estimate of drug-likeness (QED) is 0.649. The molecule has 0 saturated heterocycles. The zero-order valence-electron chi connectivity index (χ0n) is 17.0. The smallest absolute Gasteiger partial charge is 0.326 e. The molecular formula is C21H22FN5O4S. The van der Waals surface area contributed by atoms with Crippen molar-refractivity contribution in [3.05, 3.63) is 71.0 Å². The van der Waals surface area contributed by atoms with E-state index in [1.807, 2.05) is 12.1 Å². The van der Waals surface area contributed by atoms with Crippen molar-refractivity contribution in [3.8, 4) is 0 Å². The summed E-state index contributed by atoms with van der Waals surface area (Å²) in [5.74, 6) is -0.316. The Morgan fingerprint density at radius 3 is 2.41 bits per heavy atom. The number of rotatable bonds is 4. The van der Waals surface area contributed by atoms with Gasteiger partial charge >= 0.3 is 22.3 Å². The van der Waals surface area contributed by atoms with Crippen molar-refractivity contribution in [1.29, 1.82) is 0 Å². The highest BCUT2D eigenvalue weighted by molar-refractivity contribution is 7.87. The maximum atomic E-state index is 13.4. The van der Waals surface area contributed by atoms with Crippen LogP contribution in [0.2, 0.25) is 0 Å². The fourth-order valence-electron chi connectivity index (χ4n) is 3.80. The Hall–Kier alpha value is -3.44. The molecule has 0 fully saturated rings. The van der Waals surface area contributed by atoms with Crippen molar-refractivity contribution < 1.29 is 22.4 Å². The van der Waals surface area contributed by atoms with Gasteiger partial charge in [0.25, 0.3) is 0 Å². The summed E-state index contributed by atoms with van der Waals surface area (Å²) in [6.45, 7) is 1.11. The summed E-state index contributed by atoms with van der Waals surface area (Å²) in [6.07, 6.45) is 2.24. The summed E-state index contributed by atoms with van der Waals surface area (Å²) in [7, 11) is -3.95. The van der Waals surface area contributed by atoms with Gasteiger partial charge in [0.05, 0.1) is 0 Å². The first-order chi connectivity index (χ1) is 15.2. The van der Waals surface area contributed by atoms with Crippen molar-refractivity contribution in [3.63, 3.8) is 0 Å². The number of carbonyl (C=O) groups excluding carboxylic acids is 2. The van der Waals surface area contributed by atoms with E-state index >= 15 is 0 Å². The number of nitrogens with two attached hydrogens (primary N) is 1. The van der Waals surface area contributed by atoms with Gasteiger partial charge in [-0.15, -0.1) is 0 Å². The van der Waals surface area contributed by atoms with Gasteiger partial charge in [-0.1, -0.05) is 24.3 Å². The van der Waals surface area contributed by atoms with Crippen LogP contribution in [0.5, 0.6) is 0 Å². The molecule has 9 nitrogen and oxygen atoms in total. The second kappa shape index (κ2) is 8.60. The van der Waals surface area contributed by atoms with Gasteiger partial charge in [0.15, 0.2) is 0 Å². The summed E-state index contributed by atoms with van der Waals surface area (Å²) in [5, 5.41) is 2.84. The third-order valence-corrected chi connectivity index (χ3v) is 6.90. The molecule has 168 valence electrons. The molecule has 0 atom stereocenters. The number of primary amides is 1. The predicted octanol–water partition coefficient (Wildman–Crippen LogP) is 2.38. The van der Waals surface area contributed by atoms with Crippen molar-refractivity contribution in [2.24, 2.45) is 5.73 Å². The Labute approximate surface area is 184 Å². The Morgan fingerprint density at radius 1 is 1.03 bits per heavy atom. The molecule has 0 unspecified atom stereocenters. The van der Waals surface area contributed by atoms with Crippen LogP contribution in [0.25, 0.3) is 5.57 Å². The Bertz CT molecular complexity index is 1200. The first-order valence-electron chi connectivity index (χ1n) is 9.91. The molecule has 2 heterocycles. The lowest BCUT2D eigenvalue weighted by atomic mass is 10.0. The highest BCUT2D eigenvalue weighted by Gasteiger charge is 2.26. The molecule has 0 aromatic heterocycles. The van der Waals surface area contributed by atoms with E-state index in [0.717, 1.165) is 26.6 Å². The van der Waals surface area contributed by atoms with E-state index in [9.17, 15) is 22.4 Å². The minimum atomic E-state index is -3.95. The average molecular weight is 460 g/mol. The second-order valence-electron chi connectivity index (χ2n) is 7.59.